The SMILES string of the molecule is COc1cccc(NC(=O)COc2ccc(C(=O)NC3CCCC(C)C3)cc2)c1. The predicted octanol–water partition coefficient (Wildman–Crippen LogP) is 4.02. The third-order valence-electron chi connectivity index (χ3n) is 5.11. The molecule has 2 N–H and O–H groups in total. The Hall–Kier alpha value is -3.02. The molecule has 2 atom stereocenters. The Morgan fingerprint density at radius 3 is 2.59 bits per heavy atom. The van der Waals surface area contributed by atoms with E-state index in [0.717, 1.165) is 19.3 Å². The van der Waals surface area contributed by atoms with Crippen LogP contribution in [-0.4, -0.2) is 31.6 Å². The molecule has 3 rings (SSSR count). The van der Waals surface area contributed by atoms with E-state index in [9.17, 15) is 9.59 Å². The summed E-state index contributed by atoms with van der Waals surface area (Å²) in [5.41, 5.74) is 1.23. The zero-order valence-corrected chi connectivity index (χ0v) is 16.9. The van der Waals surface area contributed by atoms with Crippen LogP contribution in [0.4, 0.5) is 5.69 Å². The number of amides is 2. The topological polar surface area (TPSA) is 76.7 Å². The normalized spacial score (nSPS) is 18.6. The van der Waals surface area contributed by atoms with Crippen molar-refractivity contribution in [1.82, 2.24) is 5.32 Å². The van der Waals surface area contributed by atoms with E-state index < -0.39 is 0 Å². The number of rotatable bonds is 7. The molecule has 29 heavy (non-hydrogen) atoms. The molecular weight excluding hydrogens is 368 g/mol. The highest BCUT2D eigenvalue weighted by molar-refractivity contribution is 5.94. The number of nitrogens with one attached hydrogen (secondary N) is 2. The van der Waals surface area contributed by atoms with Gasteiger partial charge in [-0.3, -0.25) is 9.59 Å². The summed E-state index contributed by atoms with van der Waals surface area (Å²) in [6.45, 7) is 2.11. The molecule has 1 aliphatic rings. The summed E-state index contributed by atoms with van der Waals surface area (Å²) < 4.78 is 10.7. The van der Waals surface area contributed by atoms with Gasteiger partial charge in [-0.2, -0.15) is 0 Å². The molecule has 1 fully saturated rings. The third kappa shape index (κ3) is 6.24. The summed E-state index contributed by atoms with van der Waals surface area (Å²) in [5, 5.41) is 5.88. The Balaban J connectivity index is 1.47. The van der Waals surface area contributed by atoms with E-state index in [0.29, 0.717) is 28.7 Å². The minimum Gasteiger partial charge on any atom is -0.497 e. The molecule has 6 heteroatoms. The summed E-state index contributed by atoms with van der Waals surface area (Å²) in [4.78, 5) is 24.5. The van der Waals surface area contributed by atoms with Crippen molar-refractivity contribution >= 4 is 17.5 Å². The summed E-state index contributed by atoms with van der Waals surface area (Å²) in [5.74, 6) is 1.53. The van der Waals surface area contributed by atoms with Crippen molar-refractivity contribution in [3.63, 3.8) is 0 Å². The second-order valence-electron chi connectivity index (χ2n) is 7.54. The van der Waals surface area contributed by atoms with Crippen LogP contribution in [0, 0.1) is 5.92 Å². The van der Waals surface area contributed by atoms with Gasteiger partial charge in [0.05, 0.1) is 7.11 Å². The molecule has 2 aromatic carbocycles. The standard InChI is InChI=1S/C23H28N2O4/c1-16-5-3-6-18(13-16)25-23(27)17-9-11-20(12-10-17)29-15-22(26)24-19-7-4-8-21(14-19)28-2/h4,7-12,14,16,18H,3,5-6,13,15H2,1-2H3,(H,24,26)(H,25,27). The molecule has 0 radical (unpaired) electrons. The quantitative estimate of drug-likeness (QED) is 0.741. The van der Waals surface area contributed by atoms with E-state index in [-0.39, 0.29) is 24.5 Å². The second-order valence-corrected chi connectivity index (χ2v) is 7.54. The monoisotopic (exact) mass is 396 g/mol. The van der Waals surface area contributed by atoms with E-state index >= 15 is 0 Å². The fourth-order valence-electron chi connectivity index (χ4n) is 3.58. The molecule has 0 bridgehead atoms. The van der Waals surface area contributed by atoms with Crippen LogP contribution < -0.4 is 20.1 Å². The number of hydrogen-bond acceptors (Lipinski definition) is 4. The smallest absolute Gasteiger partial charge is 0.262 e. The Bertz CT molecular complexity index is 835. The molecule has 2 unspecified atom stereocenters. The van der Waals surface area contributed by atoms with Gasteiger partial charge in [-0.05, 0) is 55.2 Å². The van der Waals surface area contributed by atoms with Gasteiger partial charge in [-0.15, -0.1) is 0 Å². The van der Waals surface area contributed by atoms with Gasteiger partial charge in [-0.1, -0.05) is 25.8 Å². The summed E-state index contributed by atoms with van der Waals surface area (Å²) >= 11 is 0. The number of hydrogen-bond donors (Lipinski definition) is 2. The highest BCUT2D eigenvalue weighted by atomic mass is 16.5. The van der Waals surface area contributed by atoms with Crippen LogP contribution in [0.15, 0.2) is 48.5 Å². The van der Waals surface area contributed by atoms with Gasteiger partial charge in [0.2, 0.25) is 0 Å². The lowest BCUT2D eigenvalue weighted by atomic mass is 9.87. The van der Waals surface area contributed by atoms with Gasteiger partial charge in [0.25, 0.3) is 11.8 Å². The average molecular weight is 396 g/mol. The molecule has 0 aromatic heterocycles. The van der Waals surface area contributed by atoms with Gasteiger partial charge < -0.3 is 20.1 Å². The highest BCUT2D eigenvalue weighted by Crippen LogP contribution is 2.24. The number of benzene rings is 2. The van der Waals surface area contributed by atoms with Crippen molar-refractivity contribution in [2.45, 2.75) is 38.6 Å². The number of ether oxygens (including phenoxy) is 2. The molecule has 2 aromatic rings. The first-order valence-corrected chi connectivity index (χ1v) is 10.0. The first kappa shape index (κ1) is 20.7. The van der Waals surface area contributed by atoms with Crippen LogP contribution in [0.2, 0.25) is 0 Å². The second kappa shape index (κ2) is 9.96. The summed E-state index contributed by atoms with van der Waals surface area (Å²) in [6, 6.07) is 14.2. The molecule has 6 nitrogen and oxygen atoms in total. The minimum absolute atomic E-state index is 0.0635. The van der Waals surface area contributed by atoms with Gasteiger partial charge in [0.15, 0.2) is 6.61 Å². The molecule has 0 heterocycles. The van der Waals surface area contributed by atoms with Gasteiger partial charge in [-0.25, -0.2) is 0 Å². The predicted molar refractivity (Wildman–Crippen MR) is 112 cm³/mol. The lowest BCUT2D eigenvalue weighted by Crippen LogP contribution is -2.37. The van der Waals surface area contributed by atoms with Crippen LogP contribution in [0.3, 0.4) is 0 Å². The number of carbonyl (C=O) groups excluding carboxylic acids is 2. The Kier molecular flexibility index (Phi) is 7.11. The zero-order chi connectivity index (χ0) is 20.6. The van der Waals surface area contributed by atoms with Crippen molar-refractivity contribution in [2.24, 2.45) is 5.92 Å². The van der Waals surface area contributed by atoms with Crippen molar-refractivity contribution in [1.29, 1.82) is 0 Å². The number of methoxy groups -OCH3 is 1. The fourth-order valence-corrected chi connectivity index (χ4v) is 3.58. The van der Waals surface area contributed by atoms with Crippen LogP contribution in [0.25, 0.3) is 0 Å². The lowest BCUT2D eigenvalue weighted by molar-refractivity contribution is -0.118. The summed E-state index contributed by atoms with van der Waals surface area (Å²) in [7, 11) is 1.57. The first-order valence-electron chi connectivity index (χ1n) is 10.0. The number of anilines is 1. The summed E-state index contributed by atoms with van der Waals surface area (Å²) in [6.07, 6.45) is 4.48. The largest absolute Gasteiger partial charge is 0.497 e. The molecule has 2 amide bonds. The maximum atomic E-state index is 12.4. The first-order chi connectivity index (χ1) is 14.0. The lowest BCUT2D eigenvalue weighted by Gasteiger charge is -2.27. The molecule has 1 saturated carbocycles. The van der Waals surface area contributed by atoms with Gasteiger partial charge in [0.1, 0.15) is 11.5 Å². The molecule has 0 spiro atoms. The molecule has 154 valence electrons. The van der Waals surface area contributed by atoms with Crippen LogP contribution in [0.1, 0.15) is 43.0 Å². The third-order valence-corrected chi connectivity index (χ3v) is 5.11. The average Bonchev–Trinajstić information content (AvgIpc) is 2.73. The van der Waals surface area contributed by atoms with Crippen LogP contribution in [-0.2, 0) is 4.79 Å². The fraction of sp³-hybridized carbons (Fsp3) is 0.391. The minimum atomic E-state index is -0.272. The van der Waals surface area contributed by atoms with Crippen molar-refractivity contribution in [3.8, 4) is 11.5 Å². The molecule has 1 aliphatic carbocycles. The van der Waals surface area contributed by atoms with E-state index in [1.165, 1.54) is 6.42 Å². The van der Waals surface area contributed by atoms with Crippen molar-refractivity contribution < 1.29 is 19.1 Å². The Morgan fingerprint density at radius 1 is 1.07 bits per heavy atom. The van der Waals surface area contributed by atoms with Crippen molar-refractivity contribution in [3.05, 3.63) is 54.1 Å². The van der Waals surface area contributed by atoms with E-state index in [1.807, 2.05) is 0 Å². The Morgan fingerprint density at radius 2 is 1.86 bits per heavy atom. The molecule has 0 aliphatic heterocycles. The van der Waals surface area contributed by atoms with Gasteiger partial charge in [0, 0.05) is 23.4 Å². The van der Waals surface area contributed by atoms with Crippen molar-refractivity contribution in [2.75, 3.05) is 19.0 Å². The molecular formula is C23H28N2O4. The van der Waals surface area contributed by atoms with E-state index in [1.54, 1.807) is 55.6 Å². The van der Waals surface area contributed by atoms with Gasteiger partial charge >= 0.3 is 0 Å². The van der Waals surface area contributed by atoms with E-state index in [2.05, 4.69) is 17.6 Å². The van der Waals surface area contributed by atoms with Crippen LogP contribution in [0.5, 0.6) is 11.5 Å². The maximum Gasteiger partial charge on any atom is 0.262 e. The van der Waals surface area contributed by atoms with Crippen LogP contribution >= 0.6 is 0 Å². The molecule has 0 saturated heterocycles. The Labute approximate surface area is 171 Å². The zero-order valence-electron chi connectivity index (χ0n) is 16.9. The maximum absolute atomic E-state index is 12.4. The highest BCUT2D eigenvalue weighted by Gasteiger charge is 2.20. The van der Waals surface area contributed by atoms with E-state index in [4.69, 9.17) is 9.47 Å². The number of carbonyl (C=O) groups is 2.